The lowest BCUT2D eigenvalue weighted by Crippen LogP contribution is -2.41. The summed E-state index contributed by atoms with van der Waals surface area (Å²) in [7, 11) is 0. The summed E-state index contributed by atoms with van der Waals surface area (Å²) in [6.45, 7) is 6.10. The Bertz CT molecular complexity index is 879. The van der Waals surface area contributed by atoms with E-state index in [-0.39, 0.29) is 19.1 Å². The lowest BCUT2D eigenvalue weighted by Gasteiger charge is -2.23. The van der Waals surface area contributed by atoms with Gasteiger partial charge < -0.3 is 10.1 Å². The number of rotatable bonds is 6. The smallest absolute Gasteiger partial charge is 0.325 e. The van der Waals surface area contributed by atoms with Gasteiger partial charge in [0.2, 0.25) is 0 Å². The molecule has 1 heterocycles. The molecule has 0 radical (unpaired) electrons. The van der Waals surface area contributed by atoms with Crippen LogP contribution in [0.15, 0.2) is 42.5 Å². The standard InChI is InChI=1S/C21H22Cl2N2O3/c1-13(2)14-7-9-15(10-8-14)21(3)19(26)25(20(27)24-21)11-12-28-18-16(22)5-4-6-17(18)23/h4-10,13H,11-12H2,1-3H3,(H,24,27)/t21-/m0/s1. The molecule has 1 saturated heterocycles. The van der Waals surface area contributed by atoms with Crippen LogP contribution in [0.1, 0.15) is 37.8 Å². The molecule has 1 N–H and O–H groups in total. The van der Waals surface area contributed by atoms with E-state index in [0.717, 1.165) is 10.5 Å². The summed E-state index contributed by atoms with van der Waals surface area (Å²) in [5, 5.41) is 3.55. The van der Waals surface area contributed by atoms with Gasteiger partial charge in [-0.05, 0) is 36.1 Å². The van der Waals surface area contributed by atoms with E-state index in [9.17, 15) is 9.59 Å². The minimum absolute atomic E-state index is 0.0883. The highest BCUT2D eigenvalue weighted by Gasteiger charge is 2.48. The van der Waals surface area contributed by atoms with Gasteiger partial charge in [-0.1, -0.05) is 67.4 Å². The number of carbonyl (C=O) groups excluding carboxylic acids is 2. The zero-order valence-corrected chi connectivity index (χ0v) is 17.5. The lowest BCUT2D eigenvalue weighted by atomic mass is 9.90. The predicted octanol–water partition coefficient (Wildman–Crippen LogP) is 4.96. The van der Waals surface area contributed by atoms with Crippen LogP contribution >= 0.6 is 23.2 Å². The third-order valence-corrected chi connectivity index (χ3v) is 5.51. The monoisotopic (exact) mass is 420 g/mol. The quantitative estimate of drug-likeness (QED) is 0.671. The largest absolute Gasteiger partial charge is 0.489 e. The van der Waals surface area contributed by atoms with Gasteiger partial charge in [-0.2, -0.15) is 0 Å². The maximum Gasteiger partial charge on any atom is 0.325 e. The Hall–Kier alpha value is -2.24. The maximum absolute atomic E-state index is 13.0. The molecule has 5 nitrogen and oxygen atoms in total. The molecule has 0 unspecified atom stereocenters. The number of urea groups is 1. The van der Waals surface area contributed by atoms with Crippen LogP contribution in [-0.4, -0.2) is 30.0 Å². The molecule has 1 atom stereocenters. The zero-order chi connectivity index (χ0) is 20.5. The van der Waals surface area contributed by atoms with Gasteiger partial charge in [0.15, 0.2) is 5.75 Å². The number of para-hydroxylation sites is 1. The molecular formula is C21H22Cl2N2O3. The second-order valence-electron chi connectivity index (χ2n) is 7.19. The number of benzene rings is 2. The van der Waals surface area contributed by atoms with Gasteiger partial charge in [0.25, 0.3) is 5.91 Å². The Kier molecular flexibility index (Phi) is 5.87. The summed E-state index contributed by atoms with van der Waals surface area (Å²) in [6.07, 6.45) is 0. The van der Waals surface area contributed by atoms with E-state index >= 15 is 0 Å². The van der Waals surface area contributed by atoms with Gasteiger partial charge in [-0.25, -0.2) is 4.79 Å². The molecule has 1 aliphatic heterocycles. The Balaban J connectivity index is 1.70. The van der Waals surface area contributed by atoms with E-state index in [1.807, 2.05) is 24.3 Å². The van der Waals surface area contributed by atoms with Gasteiger partial charge in [0, 0.05) is 0 Å². The van der Waals surface area contributed by atoms with Crippen LogP contribution in [0.2, 0.25) is 10.0 Å². The molecule has 0 aliphatic carbocycles. The van der Waals surface area contributed by atoms with Gasteiger partial charge in [-0.15, -0.1) is 0 Å². The summed E-state index contributed by atoms with van der Waals surface area (Å²) in [5.41, 5.74) is 0.813. The summed E-state index contributed by atoms with van der Waals surface area (Å²) < 4.78 is 5.60. The highest BCUT2D eigenvalue weighted by Crippen LogP contribution is 2.33. The minimum Gasteiger partial charge on any atom is -0.489 e. The molecule has 0 bridgehead atoms. The van der Waals surface area contributed by atoms with E-state index in [4.69, 9.17) is 27.9 Å². The van der Waals surface area contributed by atoms with E-state index < -0.39 is 11.6 Å². The van der Waals surface area contributed by atoms with Crippen molar-refractivity contribution in [2.45, 2.75) is 32.2 Å². The maximum atomic E-state index is 13.0. The average molecular weight is 421 g/mol. The first kappa shape index (κ1) is 20.5. The van der Waals surface area contributed by atoms with Crippen LogP contribution in [0.4, 0.5) is 4.79 Å². The van der Waals surface area contributed by atoms with Crippen molar-refractivity contribution in [3.8, 4) is 5.75 Å². The molecule has 3 rings (SSSR count). The third-order valence-electron chi connectivity index (χ3n) is 4.91. The first-order valence-electron chi connectivity index (χ1n) is 9.05. The lowest BCUT2D eigenvalue weighted by molar-refractivity contribution is -0.131. The van der Waals surface area contributed by atoms with E-state index in [1.165, 1.54) is 5.56 Å². The number of amides is 3. The molecule has 0 aromatic heterocycles. The highest BCUT2D eigenvalue weighted by atomic mass is 35.5. The number of carbonyl (C=O) groups is 2. The average Bonchev–Trinajstić information content (AvgIpc) is 2.88. The van der Waals surface area contributed by atoms with Crippen LogP contribution in [0, 0.1) is 0 Å². The van der Waals surface area contributed by atoms with Crippen LogP contribution < -0.4 is 10.1 Å². The Morgan fingerprint density at radius 1 is 1.07 bits per heavy atom. The third kappa shape index (κ3) is 3.82. The molecule has 28 heavy (non-hydrogen) atoms. The molecule has 7 heteroatoms. The molecule has 2 aromatic rings. The number of nitrogens with zero attached hydrogens (tertiary/aromatic N) is 1. The van der Waals surface area contributed by atoms with Crippen molar-refractivity contribution in [1.82, 2.24) is 10.2 Å². The summed E-state index contributed by atoms with van der Waals surface area (Å²) in [5.74, 6) is 0.412. The molecule has 0 spiro atoms. The van der Waals surface area contributed by atoms with Crippen molar-refractivity contribution in [2.75, 3.05) is 13.2 Å². The zero-order valence-electron chi connectivity index (χ0n) is 16.0. The number of halogens is 2. The van der Waals surface area contributed by atoms with Gasteiger partial charge in [0.1, 0.15) is 12.1 Å². The fourth-order valence-electron chi connectivity index (χ4n) is 3.16. The number of nitrogens with one attached hydrogen (secondary N) is 1. The van der Waals surface area contributed by atoms with Gasteiger partial charge >= 0.3 is 6.03 Å². The number of hydrogen-bond donors (Lipinski definition) is 1. The number of imide groups is 1. The van der Waals surface area contributed by atoms with Crippen LogP contribution in [0.3, 0.4) is 0 Å². The second kappa shape index (κ2) is 8.02. The Morgan fingerprint density at radius 3 is 2.25 bits per heavy atom. The molecule has 148 valence electrons. The van der Waals surface area contributed by atoms with Gasteiger partial charge in [0.05, 0.1) is 16.6 Å². The van der Waals surface area contributed by atoms with Crippen LogP contribution in [0.25, 0.3) is 0 Å². The van der Waals surface area contributed by atoms with Crippen molar-refractivity contribution < 1.29 is 14.3 Å². The second-order valence-corrected chi connectivity index (χ2v) is 8.00. The highest BCUT2D eigenvalue weighted by molar-refractivity contribution is 6.37. The first-order valence-corrected chi connectivity index (χ1v) is 9.81. The van der Waals surface area contributed by atoms with E-state index in [1.54, 1.807) is 25.1 Å². The molecule has 3 amide bonds. The normalized spacial score (nSPS) is 19.3. The van der Waals surface area contributed by atoms with E-state index in [2.05, 4.69) is 19.2 Å². The summed E-state index contributed by atoms with van der Waals surface area (Å²) in [4.78, 5) is 26.5. The SMILES string of the molecule is CC(C)c1ccc([C@]2(C)NC(=O)N(CCOc3c(Cl)cccc3Cl)C2=O)cc1. The predicted molar refractivity (Wildman–Crippen MR) is 110 cm³/mol. The van der Waals surface area contributed by atoms with E-state index in [0.29, 0.717) is 21.7 Å². The molecular weight excluding hydrogens is 399 g/mol. The fraction of sp³-hybridized carbons (Fsp3) is 0.333. The van der Waals surface area contributed by atoms with Crippen molar-refractivity contribution in [3.63, 3.8) is 0 Å². The number of hydrogen-bond acceptors (Lipinski definition) is 3. The Morgan fingerprint density at radius 2 is 1.68 bits per heavy atom. The molecule has 1 fully saturated rings. The summed E-state index contributed by atoms with van der Waals surface area (Å²) in [6, 6.07) is 12.3. The van der Waals surface area contributed by atoms with Crippen molar-refractivity contribution in [2.24, 2.45) is 0 Å². The first-order chi connectivity index (χ1) is 13.2. The van der Waals surface area contributed by atoms with Crippen LogP contribution in [-0.2, 0) is 10.3 Å². The molecule has 1 aliphatic rings. The fourth-order valence-corrected chi connectivity index (χ4v) is 3.66. The van der Waals surface area contributed by atoms with Crippen molar-refractivity contribution in [1.29, 1.82) is 0 Å². The van der Waals surface area contributed by atoms with Crippen molar-refractivity contribution in [3.05, 3.63) is 63.6 Å². The topological polar surface area (TPSA) is 58.6 Å². The minimum atomic E-state index is -1.10. The number of ether oxygens (including phenoxy) is 1. The summed E-state index contributed by atoms with van der Waals surface area (Å²) >= 11 is 12.1. The van der Waals surface area contributed by atoms with Crippen molar-refractivity contribution >= 4 is 35.1 Å². The van der Waals surface area contributed by atoms with Gasteiger partial charge in [-0.3, -0.25) is 9.69 Å². The molecule has 2 aromatic carbocycles. The van der Waals surface area contributed by atoms with Crippen LogP contribution in [0.5, 0.6) is 5.75 Å². The Labute approximate surface area is 174 Å². The molecule has 0 saturated carbocycles.